The van der Waals surface area contributed by atoms with Gasteiger partial charge in [0.2, 0.25) is 5.91 Å². The van der Waals surface area contributed by atoms with E-state index in [0.29, 0.717) is 39.2 Å². The number of H-pyrrole nitrogens is 1. The summed E-state index contributed by atoms with van der Waals surface area (Å²) < 4.78 is 7.91. The maximum Gasteiger partial charge on any atom is 0.251 e. The predicted molar refractivity (Wildman–Crippen MR) is 165 cm³/mol. The van der Waals surface area contributed by atoms with Crippen LogP contribution in [0.2, 0.25) is 10.0 Å². The third kappa shape index (κ3) is 6.00. The van der Waals surface area contributed by atoms with Crippen LogP contribution in [0.3, 0.4) is 0 Å². The van der Waals surface area contributed by atoms with Crippen molar-refractivity contribution in [2.75, 3.05) is 18.8 Å². The monoisotopic (exact) mass is 619 g/mol. The molecular weight excluding hydrogens is 589 g/mol. The fourth-order valence-electron chi connectivity index (χ4n) is 5.25. The standard InChI is InChI=1S/C30H31Cl2N9O2/c1-17(2)6-7-25(42)40-11-8-19(9-12-40)41-13-10-24(39-41)27-21(16-35-36-27)18-14-20(28(33)34-15-18)29-37-38-30(43-29)26-22(31)4-3-5-23(26)32/h3-5,10,13-17,19H,6-9,11-12H2,1-2H3,(H2,33,34)(H,35,36). The molecule has 0 aliphatic carbocycles. The molecule has 0 spiro atoms. The number of nitrogens with one attached hydrogen (secondary N) is 1. The van der Waals surface area contributed by atoms with Gasteiger partial charge in [-0.05, 0) is 49.4 Å². The third-order valence-corrected chi connectivity index (χ3v) is 8.31. The molecule has 1 amide bonds. The smallest absolute Gasteiger partial charge is 0.251 e. The van der Waals surface area contributed by atoms with Crippen molar-refractivity contribution in [2.24, 2.45) is 5.92 Å². The van der Waals surface area contributed by atoms with Gasteiger partial charge in [0.25, 0.3) is 11.8 Å². The second-order valence-corrected chi connectivity index (χ2v) is 11.9. The lowest BCUT2D eigenvalue weighted by atomic mass is 10.0. The molecule has 1 fully saturated rings. The molecule has 4 aromatic heterocycles. The molecule has 222 valence electrons. The maximum absolute atomic E-state index is 12.6. The average Bonchev–Trinajstić information content (AvgIpc) is 3.77. The highest BCUT2D eigenvalue weighted by molar-refractivity contribution is 6.38. The molecule has 1 aliphatic heterocycles. The molecule has 5 aromatic rings. The molecule has 1 aliphatic rings. The number of hydrogen-bond donors (Lipinski definition) is 2. The number of aromatic nitrogens is 7. The van der Waals surface area contributed by atoms with Crippen molar-refractivity contribution in [3.63, 3.8) is 0 Å². The zero-order valence-corrected chi connectivity index (χ0v) is 25.3. The first-order valence-corrected chi connectivity index (χ1v) is 14.9. The van der Waals surface area contributed by atoms with Crippen LogP contribution in [0, 0.1) is 5.92 Å². The number of benzene rings is 1. The number of aromatic amines is 1. The molecule has 0 saturated carbocycles. The summed E-state index contributed by atoms with van der Waals surface area (Å²) in [6.45, 7) is 5.77. The van der Waals surface area contributed by atoms with Crippen molar-refractivity contribution in [1.29, 1.82) is 0 Å². The van der Waals surface area contributed by atoms with Crippen LogP contribution >= 0.6 is 23.2 Å². The molecule has 3 N–H and O–H groups in total. The maximum atomic E-state index is 12.6. The Morgan fingerprint density at radius 3 is 2.60 bits per heavy atom. The Kier molecular flexibility index (Phi) is 8.18. The first-order valence-electron chi connectivity index (χ1n) is 14.2. The number of rotatable bonds is 8. The van der Waals surface area contributed by atoms with E-state index in [1.54, 1.807) is 30.6 Å². The first kappa shape index (κ1) is 28.9. The minimum absolute atomic E-state index is 0.177. The SMILES string of the molecule is CC(C)CCC(=O)N1CCC(n2ccc(-c3n[nH]cc3-c3cnc(N)c(-c4nnc(-c5c(Cl)cccc5Cl)o4)c3)n2)CC1. The van der Waals surface area contributed by atoms with Crippen LogP contribution in [0.1, 0.15) is 45.6 Å². The Morgan fingerprint density at radius 2 is 1.86 bits per heavy atom. The molecule has 1 aromatic carbocycles. The van der Waals surface area contributed by atoms with Crippen LogP contribution in [0.25, 0.3) is 45.4 Å². The van der Waals surface area contributed by atoms with Crippen LogP contribution in [0.4, 0.5) is 5.82 Å². The van der Waals surface area contributed by atoms with E-state index in [1.807, 2.05) is 27.9 Å². The van der Waals surface area contributed by atoms with Gasteiger partial charge in [-0.2, -0.15) is 10.2 Å². The molecule has 13 heteroatoms. The quantitative estimate of drug-likeness (QED) is 0.199. The van der Waals surface area contributed by atoms with Gasteiger partial charge >= 0.3 is 0 Å². The molecule has 43 heavy (non-hydrogen) atoms. The molecule has 0 radical (unpaired) electrons. The molecule has 0 bridgehead atoms. The van der Waals surface area contributed by atoms with E-state index in [4.69, 9.17) is 38.5 Å². The number of amides is 1. The summed E-state index contributed by atoms with van der Waals surface area (Å²) in [5.74, 6) is 1.36. The summed E-state index contributed by atoms with van der Waals surface area (Å²) in [5, 5.41) is 21.4. The Morgan fingerprint density at radius 1 is 1.12 bits per heavy atom. The minimum Gasteiger partial charge on any atom is -0.416 e. The fourth-order valence-corrected chi connectivity index (χ4v) is 5.81. The number of nitrogens with zero attached hydrogens (tertiary/aromatic N) is 7. The topological polar surface area (TPSA) is 145 Å². The Hall–Kier alpha value is -4.22. The van der Waals surface area contributed by atoms with Gasteiger partial charge in [-0.15, -0.1) is 10.2 Å². The number of carbonyl (C=O) groups is 1. The molecule has 11 nitrogen and oxygen atoms in total. The largest absolute Gasteiger partial charge is 0.416 e. The molecule has 0 atom stereocenters. The van der Waals surface area contributed by atoms with Gasteiger partial charge in [-0.25, -0.2) is 4.98 Å². The van der Waals surface area contributed by atoms with Gasteiger partial charge in [-0.3, -0.25) is 14.6 Å². The highest BCUT2D eigenvalue weighted by Crippen LogP contribution is 2.37. The zero-order valence-electron chi connectivity index (χ0n) is 23.8. The summed E-state index contributed by atoms with van der Waals surface area (Å²) in [6.07, 6.45) is 8.68. The number of anilines is 1. The van der Waals surface area contributed by atoms with Crippen molar-refractivity contribution < 1.29 is 9.21 Å². The van der Waals surface area contributed by atoms with Crippen LogP contribution < -0.4 is 5.73 Å². The lowest BCUT2D eigenvalue weighted by Gasteiger charge is -2.32. The van der Waals surface area contributed by atoms with E-state index in [1.165, 1.54) is 0 Å². The first-order chi connectivity index (χ1) is 20.8. The van der Waals surface area contributed by atoms with Crippen molar-refractivity contribution in [1.82, 2.24) is 40.1 Å². The summed E-state index contributed by atoms with van der Waals surface area (Å²) >= 11 is 12.7. The minimum atomic E-state index is 0.177. The van der Waals surface area contributed by atoms with E-state index in [-0.39, 0.29) is 29.5 Å². The van der Waals surface area contributed by atoms with E-state index in [2.05, 4.69) is 39.2 Å². The Labute approximate surface area is 258 Å². The summed E-state index contributed by atoms with van der Waals surface area (Å²) in [5.41, 5.74) is 10.1. The molecule has 0 unspecified atom stereocenters. The predicted octanol–water partition coefficient (Wildman–Crippen LogP) is 6.54. The number of pyridine rings is 1. The van der Waals surface area contributed by atoms with Crippen molar-refractivity contribution in [3.05, 3.63) is 59.0 Å². The number of hydrogen-bond acceptors (Lipinski definition) is 8. The molecule has 6 rings (SSSR count). The van der Waals surface area contributed by atoms with Gasteiger partial charge < -0.3 is 15.1 Å². The number of nitrogens with two attached hydrogens (primary N) is 1. The van der Waals surface area contributed by atoms with E-state index in [9.17, 15) is 4.79 Å². The number of piperidine rings is 1. The van der Waals surface area contributed by atoms with Crippen molar-refractivity contribution in [3.8, 4) is 45.4 Å². The molecule has 1 saturated heterocycles. The van der Waals surface area contributed by atoms with Gasteiger partial charge in [0.05, 0.1) is 27.2 Å². The van der Waals surface area contributed by atoms with E-state index in [0.717, 1.165) is 49.2 Å². The Bertz CT molecular complexity index is 1730. The summed E-state index contributed by atoms with van der Waals surface area (Å²) in [4.78, 5) is 18.9. The van der Waals surface area contributed by atoms with E-state index < -0.39 is 0 Å². The van der Waals surface area contributed by atoms with Crippen molar-refractivity contribution >= 4 is 34.9 Å². The Balaban J connectivity index is 1.20. The normalized spacial score (nSPS) is 14.1. The lowest BCUT2D eigenvalue weighted by molar-refractivity contribution is -0.132. The van der Waals surface area contributed by atoms with Gasteiger partial charge in [-0.1, -0.05) is 43.1 Å². The van der Waals surface area contributed by atoms with Gasteiger partial charge in [0.15, 0.2) is 0 Å². The van der Waals surface area contributed by atoms with Gasteiger partial charge in [0, 0.05) is 49.2 Å². The van der Waals surface area contributed by atoms with Gasteiger partial charge in [0.1, 0.15) is 17.2 Å². The van der Waals surface area contributed by atoms with E-state index >= 15 is 0 Å². The molecular formula is C30H31Cl2N9O2. The highest BCUT2D eigenvalue weighted by Gasteiger charge is 2.25. The fraction of sp³-hybridized carbons (Fsp3) is 0.333. The summed E-state index contributed by atoms with van der Waals surface area (Å²) in [7, 11) is 0. The lowest BCUT2D eigenvalue weighted by Crippen LogP contribution is -2.39. The zero-order chi connectivity index (χ0) is 30.1. The number of halogens is 2. The van der Waals surface area contributed by atoms with Crippen LogP contribution in [-0.4, -0.2) is 59.1 Å². The second kappa shape index (κ2) is 12.2. The van der Waals surface area contributed by atoms with Crippen molar-refractivity contribution in [2.45, 2.75) is 45.6 Å². The highest BCUT2D eigenvalue weighted by atomic mass is 35.5. The number of likely N-dealkylation sites (tertiary alicyclic amines) is 1. The summed E-state index contributed by atoms with van der Waals surface area (Å²) in [6, 6.07) is 9.12. The third-order valence-electron chi connectivity index (χ3n) is 7.68. The second-order valence-electron chi connectivity index (χ2n) is 11.0. The molecule has 5 heterocycles. The number of nitrogen functional groups attached to an aromatic ring is 1. The van der Waals surface area contributed by atoms with Crippen LogP contribution in [0.5, 0.6) is 0 Å². The van der Waals surface area contributed by atoms with Crippen LogP contribution in [-0.2, 0) is 4.79 Å². The van der Waals surface area contributed by atoms with Crippen LogP contribution in [0.15, 0.2) is 53.3 Å². The number of carbonyl (C=O) groups excluding carboxylic acids is 1. The average molecular weight is 621 g/mol.